The molecule has 0 saturated carbocycles. The number of pyridine rings is 1. The molecule has 2 heterocycles. The van der Waals surface area contributed by atoms with Gasteiger partial charge in [-0.3, -0.25) is 9.78 Å². The molecule has 0 atom stereocenters. The van der Waals surface area contributed by atoms with Gasteiger partial charge >= 0.3 is 0 Å². The Morgan fingerprint density at radius 1 is 1.11 bits per heavy atom. The first-order chi connectivity index (χ1) is 13.7. The molecule has 0 bridgehead atoms. The number of amides is 1. The summed E-state index contributed by atoms with van der Waals surface area (Å²) in [5.41, 5.74) is 2.50. The van der Waals surface area contributed by atoms with Crippen molar-refractivity contribution in [2.45, 2.75) is 11.8 Å². The van der Waals surface area contributed by atoms with Crippen molar-refractivity contribution in [3.8, 4) is 11.5 Å². The highest BCUT2D eigenvalue weighted by Crippen LogP contribution is 2.25. The number of hydrogen-bond acceptors (Lipinski definition) is 6. The Hall–Kier alpha value is -3.26. The lowest BCUT2D eigenvalue weighted by Gasteiger charge is -2.04. The summed E-state index contributed by atoms with van der Waals surface area (Å²) >= 11 is 1.16. The second-order valence-corrected chi connectivity index (χ2v) is 6.90. The van der Waals surface area contributed by atoms with Crippen LogP contribution in [0, 0.1) is 5.82 Å². The number of nitrogens with zero attached hydrogens (tertiary/aromatic N) is 3. The number of carbonyl (C=O) groups is 1. The maximum atomic E-state index is 12.9. The molecular formula is C20H15FN4O2S. The summed E-state index contributed by atoms with van der Waals surface area (Å²) in [4.78, 5) is 16.3. The van der Waals surface area contributed by atoms with E-state index in [1.165, 1.54) is 12.1 Å². The number of nitrogens with one attached hydrogen (secondary N) is 1. The zero-order valence-electron chi connectivity index (χ0n) is 14.6. The number of benzene rings is 2. The third kappa shape index (κ3) is 4.34. The summed E-state index contributed by atoms with van der Waals surface area (Å²) in [5, 5.41) is 12.1. The SMILES string of the molecule is O=C(CSc1nnc(-c2ccc3ncccc3c2)o1)NCc1ccc(F)cc1. The molecule has 0 aliphatic carbocycles. The third-order valence-corrected chi connectivity index (χ3v) is 4.80. The van der Waals surface area contributed by atoms with E-state index in [9.17, 15) is 9.18 Å². The quantitative estimate of drug-likeness (QED) is 0.501. The Balaban J connectivity index is 1.33. The van der Waals surface area contributed by atoms with Crippen LogP contribution >= 0.6 is 11.8 Å². The zero-order chi connectivity index (χ0) is 19.3. The summed E-state index contributed by atoms with van der Waals surface area (Å²) in [6.45, 7) is 0.333. The van der Waals surface area contributed by atoms with Crippen molar-refractivity contribution in [3.63, 3.8) is 0 Å². The van der Waals surface area contributed by atoms with Crippen LogP contribution in [0.4, 0.5) is 4.39 Å². The Bertz CT molecular complexity index is 1110. The molecule has 0 aliphatic rings. The first kappa shape index (κ1) is 18.1. The molecule has 0 spiro atoms. The second-order valence-electron chi connectivity index (χ2n) is 5.98. The molecule has 0 fully saturated rings. The van der Waals surface area contributed by atoms with Crippen LogP contribution in [0.3, 0.4) is 0 Å². The van der Waals surface area contributed by atoms with Crippen LogP contribution in [0.15, 0.2) is 70.4 Å². The number of aromatic nitrogens is 3. The maximum absolute atomic E-state index is 12.9. The van der Waals surface area contributed by atoms with Crippen molar-refractivity contribution < 1.29 is 13.6 Å². The molecule has 4 aromatic rings. The van der Waals surface area contributed by atoms with Gasteiger partial charge in [-0.15, -0.1) is 10.2 Å². The highest BCUT2D eigenvalue weighted by Gasteiger charge is 2.12. The average Bonchev–Trinajstić information content (AvgIpc) is 3.20. The summed E-state index contributed by atoms with van der Waals surface area (Å²) in [6, 6.07) is 15.5. The Morgan fingerprint density at radius 3 is 2.82 bits per heavy atom. The lowest BCUT2D eigenvalue weighted by Crippen LogP contribution is -2.24. The molecule has 0 radical (unpaired) electrons. The number of rotatable bonds is 6. The van der Waals surface area contributed by atoms with Crippen LogP contribution < -0.4 is 5.32 Å². The van der Waals surface area contributed by atoms with Crippen molar-refractivity contribution in [1.82, 2.24) is 20.5 Å². The summed E-state index contributed by atoms with van der Waals surface area (Å²) < 4.78 is 18.5. The van der Waals surface area contributed by atoms with E-state index in [0.29, 0.717) is 17.7 Å². The van der Waals surface area contributed by atoms with Crippen LogP contribution in [0.2, 0.25) is 0 Å². The summed E-state index contributed by atoms with van der Waals surface area (Å²) in [5.74, 6) is 0.0520. The van der Waals surface area contributed by atoms with E-state index in [2.05, 4.69) is 20.5 Å². The fourth-order valence-electron chi connectivity index (χ4n) is 2.57. The molecule has 140 valence electrons. The molecule has 28 heavy (non-hydrogen) atoms. The highest BCUT2D eigenvalue weighted by atomic mass is 32.2. The average molecular weight is 394 g/mol. The summed E-state index contributed by atoms with van der Waals surface area (Å²) in [6.07, 6.45) is 1.74. The third-order valence-electron chi connectivity index (χ3n) is 3.99. The smallest absolute Gasteiger partial charge is 0.277 e. The van der Waals surface area contributed by atoms with Gasteiger partial charge in [-0.05, 0) is 42.0 Å². The number of hydrogen-bond donors (Lipinski definition) is 1. The zero-order valence-corrected chi connectivity index (χ0v) is 15.4. The van der Waals surface area contributed by atoms with Crippen molar-refractivity contribution in [2.24, 2.45) is 0 Å². The second kappa shape index (κ2) is 8.18. The molecule has 2 aromatic carbocycles. The van der Waals surface area contributed by atoms with Crippen LogP contribution in [0.1, 0.15) is 5.56 Å². The van der Waals surface area contributed by atoms with E-state index in [0.717, 1.165) is 33.8 Å². The number of carbonyl (C=O) groups excluding carboxylic acids is 1. The van der Waals surface area contributed by atoms with Crippen molar-refractivity contribution in [3.05, 3.63) is 72.2 Å². The van der Waals surface area contributed by atoms with Gasteiger partial charge in [-0.1, -0.05) is 30.0 Å². The molecule has 0 saturated heterocycles. The first-order valence-corrected chi connectivity index (χ1v) is 9.48. The van der Waals surface area contributed by atoms with E-state index >= 15 is 0 Å². The fourth-order valence-corrected chi connectivity index (χ4v) is 3.17. The molecule has 4 rings (SSSR count). The Kier molecular flexibility index (Phi) is 5.29. The molecule has 1 amide bonds. The number of thioether (sulfide) groups is 1. The molecule has 0 unspecified atom stereocenters. The van der Waals surface area contributed by atoms with Gasteiger partial charge in [-0.25, -0.2) is 4.39 Å². The van der Waals surface area contributed by atoms with Gasteiger partial charge in [0, 0.05) is 23.7 Å². The monoisotopic (exact) mass is 394 g/mol. The van der Waals surface area contributed by atoms with Gasteiger partial charge in [-0.2, -0.15) is 0 Å². The minimum Gasteiger partial charge on any atom is -0.411 e. The highest BCUT2D eigenvalue weighted by molar-refractivity contribution is 7.99. The molecule has 8 heteroatoms. The van der Waals surface area contributed by atoms with Gasteiger partial charge in [0.15, 0.2) is 0 Å². The van der Waals surface area contributed by atoms with Crippen molar-refractivity contribution >= 4 is 28.6 Å². The largest absolute Gasteiger partial charge is 0.411 e. The van der Waals surface area contributed by atoms with Gasteiger partial charge < -0.3 is 9.73 Å². The van der Waals surface area contributed by atoms with E-state index in [4.69, 9.17) is 4.42 Å². The van der Waals surface area contributed by atoms with E-state index in [-0.39, 0.29) is 17.5 Å². The van der Waals surface area contributed by atoms with Gasteiger partial charge in [0.25, 0.3) is 5.22 Å². The van der Waals surface area contributed by atoms with Crippen LogP contribution in [0.25, 0.3) is 22.4 Å². The van der Waals surface area contributed by atoms with Gasteiger partial charge in [0.1, 0.15) is 5.82 Å². The molecule has 1 N–H and O–H groups in total. The van der Waals surface area contributed by atoms with E-state index in [1.54, 1.807) is 18.3 Å². The molecule has 0 aliphatic heterocycles. The maximum Gasteiger partial charge on any atom is 0.277 e. The van der Waals surface area contributed by atoms with Crippen LogP contribution in [-0.4, -0.2) is 26.8 Å². The van der Waals surface area contributed by atoms with E-state index < -0.39 is 0 Å². The van der Waals surface area contributed by atoms with Crippen LogP contribution in [0.5, 0.6) is 0 Å². The first-order valence-electron chi connectivity index (χ1n) is 8.50. The number of fused-ring (bicyclic) bond motifs is 1. The van der Waals surface area contributed by atoms with Gasteiger partial charge in [0.2, 0.25) is 11.8 Å². The van der Waals surface area contributed by atoms with Crippen molar-refractivity contribution in [1.29, 1.82) is 0 Å². The number of halogens is 1. The summed E-state index contributed by atoms with van der Waals surface area (Å²) in [7, 11) is 0. The van der Waals surface area contributed by atoms with E-state index in [1.807, 2.05) is 30.3 Å². The lowest BCUT2D eigenvalue weighted by atomic mass is 10.1. The predicted molar refractivity (Wildman–Crippen MR) is 104 cm³/mol. The van der Waals surface area contributed by atoms with Crippen LogP contribution in [-0.2, 0) is 11.3 Å². The molecular weight excluding hydrogens is 379 g/mol. The van der Waals surface area contributed by atoms with Gasteiger partial charge in [0.05, 0.1) is 11.3 Å². The normalized spacial score (nSPS) is 10.9. The topological polar surface area (TPSA) is 80.9 Å². The fraction of sp³-hybridized carbons (Fsp3) is 0.100. The molecule has 6 nitrogen and oxygen atoms in total. The lowest BCUT2D eigenvalue weighted by molar-refractivity contribution is -0.118. The standard InChI is InChI=1S/C20H15FN4O2S/c21-16-6-3-13(4-7-16)11-23-18(26)12-28-20-25-24-19(27-20)15-5-8-17-14(10-15)2-1-9-22-17/h1-10H,11-12H2,(H,23,26). The van der Waals surface area contributed by atoms with Crippen molar-refractivity contribution in [2.75, 3.05) is 5.75 Å². The Morgan fingerprint density at radius 2 is 1.96 bits per heavy atom. The minimum atomic E-state index is -0.305. The predicted octanol–water partition coefficient (Wildman–Crippen LogP) is 3.83. The minimum absolute atomic E-state index is 0.143. The Labute approximate surface area is 164 Å². The molecule has 2 aromatic heterocycles.